The third-order valence-electron chi connectivity index (χ3n) is 6.16. The predicted octanol–water partition coefficient (Wildman–Crippen LogP) is 4.77. The first-order chi connectivity index (χ1) is 18.4. The van der Waals surface area contributed by atoms with E-state index in [4.69, 9.17) is 26.2 Å². The third kappa shape index (κ3) is 4.75. The summed E-state index contributed by atoms with van der Waals surface area (Å²) in [7, 11) is 1.57. The van der Waals surface area contributed by atoms with E-state index in [1.165, 1.54) is 18.7 Å². The SMILES string of the molecule is CCOc1cc(C2N(C(C)=O)c3ccccc3-c3c([O-])nc(SCc4ccccc4Cl)n[n+]32)ccc1OC. The van der Waals surface area contributed by atoms with E-state index in [0.29, 0.717) is 51.4 Å². The summed E-state index contributed by atoms with van der Waals surface area (Å²) >= 11 is 7.63. The molecule has 4 aromatic rings. The van der Waals surface area contributed by atoms with Crippen LogP contribution in [-0.2, 0) is 10.5 Å². The first kappa shape index (κ1) is 25.8. The first-order valence-electron chi connectivity index (χ1n) is 12.0. The second kappa shape index (κ2) is 10.9. The lowest BCUT2D eigenvalue weighted by atomic mass is 10.0. The fraction of sp³-hybridized carbons (Fsp3) is 0.214. The highest BCUT2D eigenvalue weighted by Crippen LogP contribution is 2.42. The minimum atomic E-state index is -0.752. The van der Waals surface area contributed by atoms with Crippen molar-refractivity contribution in [3.63, 3.8) is 0 Å². The molecular weight excluding hydrogens is 524 g/mol. The molecule has 5 rings (SSSR count). The summed E-state index contributed by atoms with van der Waals surface area (Å²) in [5.41, 5.74) is 3.10. The number of carbonyl (C=O) groups excluding carboxylic acids is 1. The number of halogens is 1. The van der Waals surface area contributed by atoms with Gasteiger partial charge in [0.1, 0.15) is 0 Å². The zero-order valence-corrected chi connectivity index (χ0v) is 22.6. The summed E-state index contributed by atoms with van der Waals surface area (Å²) in [4.78, 5) is 19.0. The zero-order chi connectivity index (χ0) is 26.8. The van der Waals surface area contributed by atoms with Crippen molar-refractivity contribution in [1.82, 2.24) is 10.1 Å². The molecule has 1 aliphatic rings. The molecule has 1 unspecified atom stereocenters. The van der Waals surface area contributed by atoms with Crippen LogP contribution in [0.4, 0.5) is 5.69 Å². The van der Waals surface area contributed by atoms with Crippen LogP contribution in [0.1, 0.15) is 31.1 Å². The van der Waals surface area contributed by atoms with Crippen LogP contribution in [0.2, 0.25) is 5.02 Å². The van der Waals surface area contributed by atoms with Crippen LogP contribution in [0.25, 0.3) is 11.3 Å². The van der Waals surface area contributed by atoms with Crippen molar-refractivity contribution in [3.8, 4) is 28.6 Å². The number of thioether (sulfide) groups is 1. The van der Waals surface area contributed by atoms with Gasteiger partial charge in [0.2, 0.25) is 5.91 Å². The number of hydrogen-bond donors (Lipinski definition) is 0. The van der Waals surface area contributed by atoms with Crippen LogP contribution >= 0.6 is 23.4 Å². The zero-order valence-electron chi connectivity index (χ0n) is 21.1. The van der Waals surface area contributed by atoms with Crippen molar-refractivity contribution in [3.05, 3.63) is 82.9 Å². The Morgan fingerprint density at radius 2 is 1.89 bits per heavy atom. The normalized spacial score (nSPS) is 14.0. The Labute approximate surface area is 229 Å². The van der Waals surface area contributed by atoms with Crippen LogP contribution in [0.3, 0.4) is 0 Å². The highest BCUT2D eigenvalue weighted by molar-refractivity contribution is 7.98. The van der Waals surface area contributed by atoms with E-state index in [1.54, 1.807) is 28.8 Å². The summed E-state index contributed by atoms with van der Waals surface area (Å²) in [5, 5.41) is 19.2. The number of nitrogens with zero attached hydrogens (tertiary/aromatic N) is 4. The molecule has 1 atom stereocenters. The molecule has 38 heavy (non-hydrogen) atoms. The lowest BCUT2D eigenvalue weighted by Crippen LogP contribution is -2.58. The summed E-state index contributed by atoms with van der Waals surface area (Å²) in [5.74, 6) is 0.940. The van der Waals surface area contributed by atoms with Crippen molar-refractivity contribution < 1.29 is 24.1 Å². The Hall–Kier alpha value is -3.82. The van der Waals surface area contributed by atoms with E-state index in [-0.39, 0.29) is 11.1 Å². The number of anilines is 1. The lowest BCUT2D eigenvalue weighted by Gasteiger charge is -2.33. The van der Waals surface area contributed by atoms with Gasteiger partial charge in [-0.3, -0.25) is 4.79 Å². The number of fused-ring (bicyclic) bond motifs is 3. The Bertz CT molecular complexity index is 1520. The molecule has 0 fully saturated rings. The van der Waals surface area contributed by atoms with Gasteiger partial charge in [-0.2, -0.15) is 0 Å². The molecule has 1 amide bonds. The van der Waals surface area contributed by atoms with Crippen LogP contribution in [0, 0.1) is 0 Å². The molecule has 1 aliphatic heterocycles. The van der Waals surface area contributed by atoms with Crippen molar-refractivity contribution >= 4 is 35.0 Å². The summed E-state index contributed by atoms with van der Waals surface area (Å²) in [6, 6.07) is 20.2. The fourth-order valence-corrected chi connectivity index (χ4v) is 5.63. The number of rotatable bonds is 7. The average Bonchev–Trinajstić information content (AvgIpc) is 2.91. The monoisotopic (exact) mass is 548 g/mol. The van der Waals surface area contributed by atoms with E-state index in [1.807, 2.05) is 61.5 Å². The Balaban J connectivity index is 1.68. The van der Waals surface area contributed by atoms with Crippen LogP contribution in [0.5, 0.6) is 17.4 Å². The fourth-order valence-electron chi connectivity index (χ4n) is 4.52. The average molecular weight is 549 g/mol. The summed E-state index contributed by atoms with van der Waals surface area (Å²) < 4.78 is 12.9. The number of ether oxygens (including phenoxy) is 2. The number of para-hydroxylation sites is 1. The maximum absolute atomic E-state index is 13.5. The van der Waals surface area contributed by atoms with Gasteiger partial charge >= 0.3 is 0 Å². The molecular formula is C28H25ClN4O4S. The molecule has 194 valence electrons. The van der Waals surface area contributed by atoms with Crippen molar-refractivity contribution in [2.24, 2.45) is 0 Å². The van der Waals surface area contributed by atoms with Gasteiger partial charge in [0.15, 0.2) is 11.5 Å². The van der Waals surface area contributed by atoms with Gasteiger partial charge in [-0.05, 0) is 48.9 Å². The minimum Gasteiger partial charge on any atom is -0.854 e. The molecule has 10 heteroatoms. The second-order valence-electron chi connectivity index (χ2n) is 8.50. The second-order valence-corrected chi connectivity index (χ2v) is 9.85. The summed E-state index contributed by atoms with van der Waals surface area (Å²) in [6.07, 6.45) is -0.752. The Morgan fingerprint density at radius 1 is 1.13 bits per heavy atom. The molecule has 0 bridgehead atoms. The number of methoxy groups -OCH3 is 1. The van der Waals surface area contributed by atoms with E-state index in [0.717, 1.165) is 5.56 Å². The van der Waals surface area contributed by atoms with Gasteiger partial charge in [-0.15, -0.1) is 0 Å². The number of amides is 1. The van der Waals surface area contributed by atoms with Crippen LogP contribution in [-0.4, -0.2) is 29.7 Å². The molecule has 2 heterocycles. The highest BCUT2D eigenvalue weighted by atomic mass is 35.5. The van der Waals surface area contributed by atoms with Gasteiger partial charge in [0.05, 0.1) is 30.8 Å². The smallest absolute Gasteiger partial charge is 0.293 e. The van der Waals surface area contributed by atoms with Gasteiger partial charge in [-0.25, -0.2) is 9.88 Å². The maximum Gasteiger partial charge on any atom is 0.293 e. The van der Waals surface area contributed by atoms with Gasteiger partial charge in [-0.1, -0.05) is 58.4 Å². The highest BCUT2D eigenvalue weighted by Gasteiger charge is 2.44. The topological polar surface area (TPSA) is 91.5 Å². The largest absolute Gasteiger partial charge is 0.854 e. The number of carbonyl (C=O) groups is 1. The van der Waals surface area contributed by atoms with Gasteiger partial charge < -0.3 is 14.6 Å². The molecule has 8 nitrogen and oxygen atoms in total. The van der Waals surface area contributed by atoms with E-state index in [9.17, 15) is 9.90 Å². The molecule has 1 aromatic heterocycles. The quantitative estimate of drug-likeness (QED) is 0.243. The van der Waals surface area contributed by atoms with Crippen LogP contribution < -0.4 is 24.2 Å². The molecule has 0 aliphatic carbocycles. The van der Waals surface area contributed by atoms with Crippen molar-refractivity contribution in [1.29, 1.82) is 0 Å². The lowest BCUT2D eigenvalue weighted by molar-refractivity contribution is -0.764. The molecule has 3 aromatic carbocycles. The number of hydrogen-bond acceptors (Lipinski definition) is 7. The molecule has 0 saturated carbocycles. The minimum absolute atomic E-state index is 0.203. The van der Waals surface area contributed by atoms with Gasteiger partial charge in [0, 0.05) is 28.4 Å². The summed E-state index contributed by atoms with van der Waals surface area (Å²) in [6.45, 7) is 3.81. The maximum atomic E-state index is 13.5. The molecule has 0 spiro atoms. The van der Waals surface area contributed by atoms with Crippen LogP contribution in [0.15, 0.2) is 71.9 Å². The van der Waals surface area contributed by atoms with E-state index in [2.05, 4.69) is 4.98 Å². The molecule has 0 radical (unpaired) electrons. The Kier molecular flexibility index (Phi) is 7.40. The van der Waals surface area contributed by atoms with E-state index < -0.39 is 12.0 Å². The molecule has 0 saturated heterocycles. The van der Waals surface area contributed by atoms with Crippen molar-refractivity contribution in [2.75, 3.05) is 18.6 Å². The van der Waals surface area contributed by atoms with Gasteiger partial charge in [0.25, 0.3) is 17.0 Å². The predicted molar refractivity (Wildman–Crippen MR) is 144 cm³/mol. The Morgan fingerprint density at radius 3 is 2.63 bits per heavy atom. The number of aromatic nitrogens is 3. The van der Waals surface area contributed by atoms with Crippen molar-refractivity contribution in [2.45, 2.75) is 30.9 Å². The third-order valence-corrected chi connectivity index (χ3v) is 7.41. The van der Waals surface area contributed by atoms with E-state index >= 15 is 0 Å². The standard InChI is InChI=1S/C28H25ClN4O4S/c1-4-37-24-15-18(13-14-23(24)36-3)27-32(17(2)34)22-12-8-6-10-20(22)25-26(35)30-28(31-33(25)27)38-16-19-9-5-7-11-21(19)29/h5-15,27H,4,16H2,1-3H3. The first-order valence-corrected chi connectivity index (χ1v) is 13.4. The molecule has 0 N–H and O–H groups in total. The number of benzene rings is 3.